The second-order valence-corrected chi connectivity index (χ2v) is 7.27. The lowest BCUT2D eigenvalue weighted by Crippen LogP contribution is -2.34. The van der Waals surface area contributed by atoms with Gasteiger partial charge in [0.05, 0.1) is 12.1 Å². The van der Waals surface area contributed by atoms with Crippen LogP contribution in [-0.4, -0.2) is 15.5 Å². The molecule has 0 saturated carbocycles. The summed E-state index contributed by atoms with van der Waals surface area (Å²) in [7, 11) is 0. The Morgan fingerprint density at radius 1 is 0.964 bits per heavy atom. The van der Waals surface area contributed by atoms with Crippen molar-refractivity contribution < 1.29 is 4.79 Å². The minimum atomic E-state index is -0.444. The highest BCUT2D eigenvalue weighted by Crippen LogP contribution is 2.13. The van der Waals surface area contributed by atoms with Crippen molar-refractivity contribution in [2.24, 2.45) is 0 Å². The predicted octanol–water partition coefficient (Wildman–Crippen LogP) is 2.73. The third-order valence-electron chi connectivity index (χ3n) is 4.44. The van der Waals surface area contributed by atoms with Crippen LogP contribution in [-0.2, 0) is 13.1 Å². The zero-order chi connectivity index (χ0) is 19.5. The molecular weight excluding hydrogens is 374 g/mol. The molecule has 0 radical (unpaired) electrons. The van der Waals surface area contributed by atoms with E-state index in [0.717, 1.165) is 11.1 Å². The molecule has 2 heterocycles. The van der Waals surface area contributed by atoms with Gasteiger partial charge in [-0.25, -0.2) is 4.79 Å². The summed E-state index contributed by atoms with van der Waals surface area (Å²) in [4.78, 5) is 39.7. The fourth-order valence-electron chi connectivity index (χ4n) is 2.94. The van der Waals surface area contributed by atoms with Gasteiger partial charge in [0.1, 0.15) is 4.70 Å². The number of hydrogen-bond acceptors (Lipinski definition) is 4. The lowest BCUT2D eigenvalue weighted by atomic mass is 10.1. The van der Waals surface area contributed by atoms with Gasteiger partial charge in [0.2, 0.25) is 0 Å². The van der Waals surface area contributed by atoms with Crippen LogP contribution in [0.4, 0.5) is 0 Å². The molecule has 4 aromatic rings. The van der Waals surface area contributed by atoms with Crippen LogP contribution in [0.5, 0.6) is 0 Å². The number of fused-ring (bicyclic) bond motifs is 1. The van der Waals surface area contributed by atoms with Gasteiger partial charge < -0.3 is 10.3 Å². The van der Waals surface area contributed by atoms with Gasteiger partial charge in [-0.05, 0) is 34.7 Å². The molecule has 140 valence electrons. The Morgan fingerprint density at radius 3 is 2.46 bits per heavy atom. The number of benzene rings is 2. The van der Waals surface area contributed by atoms with Gasteiger partial charge in [0.25, 0.3) is 11.5 Å². The Labute approximate surface area is 164 Å². The SMILES string of the molecule is O=C(NCc1ccccc1)c1ccc(Cn2c(=O)[nH]c3ccsc3c2=O)cc1. The maximum atomic E-state index is 12.5. The van der Waals surface area contributed by atoms with Crippen LogP contribution in [0.3, 0.4) is 0 Å². The summed E-state index contributed by atoms with van der Waals surface area (Å²) in [6.07, 6.45) is 0. The average molecular weight is 391 g/mol. The zero-order valence-electron chi connectivity index (χ0n) is 14.8. The third kappa shape index (κ3) is 3.65. The van der Waals surface area contributed by atoms with Gasteiger partial charge in [-0.3, -0.25) is 14.2 Å². The number of aromatic nitrogens is 2. The highest BCUT2D eigenvalue weighted by molar-refractivity contribution is 7.17. The maximum absolute atomic E-state index is 12.5. The molecule has 2 aromatic carbocycles. The van der Waals surface area contributed by atoms with Crippen LogP contribution in [0.1, 0.15) is 21.5 Å². The summed E-state index contributed by atoms with van der Waals surface area (Å²) < 4.78 is 1.69. The van der Waals surface area contributed by atoms with E-state index in [2.05, 4.69) is 10.3 Å². The summed E-state index contributed by atoms with van der Waals surface area (Å²) in [6, 6.07) is 18.3. The average Bonchev–Trinajstić information content (AvgIpc) is 3.19. The van der Waals surface area contributed by atoms with Gasteiger partial charge in [0.15, 0.2) is 0 Å². The normalized spacial score (nSPS) is 10.9. The van der Waals surface area contributed by atoms with Crippen LogP contribution in [0.25, 0.3) is 10.2 Å². The van der Waals surface area contributed by atoms with Crippen LogP contribution < -0.4 is 16.6 Å². The molecule has 0 bridgehead atoms. The molecule has 0 saturated heterocycles. The Hall–Kier alpha value is -3.45. The molecule has 0 spiro atoms. The molecule has 6 nitrogen and oxygen atoms in total. The van der Waals surface area contributed by atoms with Crippen molar-refractivity contribution in [3.63, 3.8) is 0 Å². The number of amides is 1. The van der Waals surface area contributed by atoms with E-state index >= 15 is 0 Å². The van der Waals surface area contributed by atoms with E-state index in [4.69, 9.17) is 0 Å². The molecule has 0 aliphatic rings. The zero-order valence-corrected chi connectivity index (χ0v) is 15.7. The second-order valence-electron chi connectivity index (χ2n) is 6.35. The van der Waals surface area contributed by atoms with Crippen molar-refractivity contribution in [3.8, 4) is 0 Å². The number of nitrogens with zero attached hydrogens (tertiary/aromatic N) is 1. The molecule has 1 amide bonds. The van der Waals surface area contributed by atoms with E-state index in [9.17, 15) is 14.4 Å². The fraction of sp³-hybridized carbons (Fsp3) is 0.0952. The molecule has 28 heavy (non-hydrogen) atoms. The largest absolute Gasteiger partial charge is 0.348 e. The van der Waals surface area contributed by atoms with Crippen LogP contribution >= 0.6 is 11.3 Å². The number of nitrogens with one attached hydrogen (secondary N) is 2. The fourth-order valence-corrected chi connectivity index (χ4v) is 3.74. The van der Waals surface area contributed by atoms with Crippen molar-refractivity contribution in [1.29, 1.82) is 0 Å². The van der Waals surface area contributed by atoms with E-state index in [-0.39, 0.29) is 18.0 Å². The first-order chi connectivity index (χ1) is 13.6. The molecule has 0 atom stereocenters. The second kappa shape index (κ2) is 7.66. The van der Waals surface area contributed by atoms with Gasteiger partial charge in [0, 0.05) is 12.1 Å². The minimum absolute atomic E-state index is 0.147. The van der Waals surface area contributed by atoms with Gasteiger partial charge >= 0.3 is 5.69 Å². The van der Waals surface area contributed by atoms with Crippen molar-refractivity contribution in [2.45, 2.75) is 13.1 Å². The molecule has 0 aliphatic heterocycles. The van der Waals surface area contributed by atoms with Crippen molar-refractivity contribution >= 4 is 27.5 Å². The molecular formula is C21H17N3O3S. The number of hydrogen-bond donors (Lipinski definition) is 2. The molecule has 0 aliphatic carbocycles. The van der Waals surface area contributed by atoms with Crippen molar-refractivity contribution in [2.75, 3.05) is 0 Å². The Bertz CT molecular complexity index is 1240. The number of aromatic amines is 1. The summed E-state index contributed by atoms with van der Waals surface area (Å²) in [5.41, 5.74) is 2.12. The van der Waals surface area contributed by atoms with Gasteiger partial charge in [-0.15, -0.1) is 11.3 Å². The molecule has 0 fully saturated rings. The van der Waals surface area contributed by atoms with E-state index in [0.29, 0.717) is 22.3 Å². The van der Waals surface area contributed by atoms with Crippen molar-refractivity contribution in [1.82, 2.24) is 14.9 Å². The lowest BCUT2D eigenvalue weighted by molar-refractivity contribution is 0.0951. The van der Waals surface area contributed by atoms with E-state index < -0.39 is 5.69 Å². The van der Waals surface area contributed by atoms with Gasteiger partial charge in [-0.2, -0.15) is 0 Å². The van der Waals surface area contributed by atoms with Crippen LogP contribution in [0, 0.1) is 0 Å². The minimum Gasteiger partial charge on any atom is -0.348 e. The molecule has 2 aromatic heterocycles. The summed E-state index contributed by atoms with van der Waals surface area (Å²) in [5, 5.41) is 4.65. The summed E-state index contributed by atoms with van der Waals surface area (Å²) >= 11 is 1.30. The molecule has 0 unspecified atom stereocenters. The van der Waals surface area contributed by atoms with Crippen LogP contribution in [0.2, 0.25) is 0 Å². The van der Waals surface area contributed by atoms with E-state index in [1.807, 2.05) is 30.3 Å². The Morgan fingerprint density at radius 2 is 1.71 bits per heavy atom. The number of carbonyl (C=O) groups is 1. The van der Waals surface area contributed by atoms with Crippen molar-refractivity contribution in [3.05, 3.63) is 104 Å². The van der Waals surface area contributed by atoms with E-state index in [1.54, 1.807) is 35.7 Å². The Kier molecular flexibility index (Phi) is 4.90. The highest BCUT2D eigenvalue weighted by Gasteiger charge is 2.10. The topological polar surface area (TPSA) is 84.0 Å². The van der Waals surface area contributed by atoms with Crippen LogP contribution in [0.15, 0.2) is 75.6 Å². The molecule has 4 rings (SSSR count). The standard InChI is InChI=1S/C21H17N3O3S/c25-19(22-12-14-4-2-1-3-5-14)16-8-6-15(7-9-16)13-24-20(26)18-17(10-11-28-18)23-21(24)27/h1-11H,12-13H2,(H,22,25)(H,23,27). The van der Waals surface area contributed by atoms with Gasteiger partial charge in [-0.1, -0.05) is 42.5 Å². The predicted molar refractivity (Wildman–Crippen MR) is 110 cm³/mol. The highest BCUT2D eigenvalue weighted by atomic mass is 32.1. The smallest absolute Gasteiger partial charge is 0.329 e. The summed E-state index contributed by atoms with van der Waals surface area (Å²) in [6.45, 7) is 0.598. The first kappa shape index (κ1) is 17.9. The number of carbonyl (C=O) groups excluding carboxylic acids is 1. The first-order valence-electron chi connectivity index (χ1n) is 8.73. The first-order valence-corrected chi connectivity index (χ1v) is 9.61. The Balaban J connectivity index is 1.48. The quantitative estimate of drug-likeness (QED) is 0.549. The van der Waals surface area contributed by atoms with E-state index in [1.165, 1.54) is 15.9 Å². The third-order valence-corrected chi connectivity index (χ3v) is 5.35. The molecule has 2 N–H and O–H groups in total. The molecule has 7 heteroatoms. The maximum Gasteiger partial charge on any atom is 0.329 e. The lowest BCUT2D eigenvalue weighted by Gasteiger charge is -2.08. The number of thiophene rings is 1. The monoisotopic (exact) mass is 391 g/mol. The number of rotatable bonds is 5. The summed E-state index contributed by atoms with van der Waals surface area (Å²) in [5.74, 6) is -0.176. The number of H-pyrrole nitrogens is 1.